The zero-order valence-electron chi connectivity index (χ0n) is 15.1. The van der Waals surface area contributed by atoms with Crippen LogP contribution in [0.3, 0.4) is 0 Å². The summed E-state index contributed by atoms with van der Waals surface area (Å²) in [5.74, 6) is -2.07. The highest BCUT2D eigenvalue weighted by Gasteiger charge is 2.25. The van der Waals surface area contributed by atoms with Gasteiger partial charge in [-0.2, -0.15) is 8.42 Å². The second-order valence-electron chi connectivity index (χ2n) is 5.88. The Bertz CT molecular complexity index is 960. The summed E-state index contributed by atoms with van der Waals surface area (Å²) < 4.78 is 35.9. The summed E-state index contributed by atoms with van der Waals surface area (Å²) in [5.41, 5.74) is 1.46. The van der Waals surface area contributed by atoms with Crippen LogP contribution in [0.2, 0.25) is 5.02 Å². The topological polar surface area (TPSA) is 110 Å². The molecule has 0 heterocycles. The van der Waals surface area contributed by atoms with E-state index >= 15 is 0 Å². The van der Waals surface area contributed by atoms with Crippen molar-refractivity contribution >= 4 is 33.6 Å². The monoisotopic (exact) mass is 425 g/mol. The summed E-state index contributed by atoms with van der Waals surface area (Å²) in [4.78, 5) is 24.9. The maximum atomic E-state index is 12.8. The molecule has 7 nitrogen and oxygen atoms in total. The molecular weight excluding hydrogens is 406 g/mol. The van der Waals surface area contributed by atoms with Crippen LogP contribution >= 0.6 is 11.6 Å². The molecule has 0 aliphatic carbocycles. The molecule has 2 rings (SSSR count). The molecule has 0 saturated heterocycles. The maximum Gasteiger partial charge on any atom is 0.328 e. The third-order valence-corrected chi connectivity index (χ3v) is 4.96. The molecule has 1 atom stereocenters. The lowest BCUT2D eigenvalue weighted by atomic mass is 9.99. The average molecular weight is 426 g/mol. The molecule has 2 aromatic rings. The molecule has 0 aromatic heterocycles. The van der Waals surface area contributed by atoms with Crippen LogP contribution in [0.1, 0.15) is 23.7 Å². The van der Waals surface area contributed by atoms with E-state index in [9.17, 15) is 18.0 Å². The quantitative estimate of drug-likeness (QED) is 0.497. The molecule has 0 spiro atoms. The molecule has 9 heteroatoms. The van der Waals surface area contributed by atoms with Gasteiger partial charge in [-0.05, 0) is 31.0 Å². The molecule has 0 unspecified atom stereocenters. The van der Waals surface area contributed by atoms with Gasteiger partial charge in [0.2, 0.25) is 0 Å². The van der Waals surface area contributed by atoms with Gasteiger partial charge in [-0.15, -0.1) is 0 Å². The molecule has 2 aromatic carbocycles. The van der Waals surface area contributed by atoms with E-state index in [4.69, 9.17) is 20.9 Å². The van der Waals surface area contributed by atoms with Crippen molar-refractivity contribution in [2.24, 2.45) is 0 Å². The van der Waals surface area contributed by atoms with Crippen molar-refractivity contribution in [1.29, 1.82) is 0 Å². The van der Waals surface area contributed by atoms with Crippen LogP contribution in [0.15, 0.2) is 48.5 Å². The lowest BCUT2D eigenvalue weighted by Crippen LogP contribution is -2.43. The minimum atomic E-state index is -4.30. The van der Waals surface area contributed by atoms with Gasteiger partial charge in [-0.25, -0.2) is 4.79 Å². The predicted molar refractivity (Wildman–Crippen MR) is 106 cm³/mol. The van der Waals surface area contributed by atoms with Gasteiger partial charge < -0.3 is 10.1 Å². The Hall–Kier alpha value is -2.42. The van der Waals surface area contributed by atoms with Crippen LogP contribution in [0.4, 0.5) is 0 Å². The van der Waals surface area contributed by atoms with E-state index < -0.39 is 33.8 Å². The summed E-state index contributed by atoms with van der Waals surface area (Å²) in [6, 6.07) is 12.5. The van der Waals surface area contributed by atoms with E-state index in [1.165, 1.54) is 0 Å². The number of rotatable bonds is 8. The summed E-state index contributed by atoms with van der Waals surface area (Å²) >= 11 is 6.23. The molecule has 150 valence electrons. The minimum absolute atomic E-state index is 0.0628. The van der Waals surface area contributed by atoms with Gasteiger partial charge in [-0.3, -0.25) is 9.35 Å². The number of halogens is 1. The second kappa shape index (κ2) is 9.68. The lowest BCUT2D eigenvalue weighted by molar-refractivity contribution is -0.145. The van der Waals surface area contributed by atoms with Crippen molar-refractivity contribution in [2.75, 3.05) is 12.4 Å². The maximum absolute atomic E-state index is 12.8. The molecule has 0 saturated carbocycles. The van der Waals surface area contributed by atoms with Crippen LogP contribution in [0.5, 0.6) is 0 Å². The Balaban J connectivity index is 2.31. The first-order valence-corrected chi connectivity index (χ1v) is 10.5. The van der Waals surface area contributed by atoms with Gasteiger partial charge in [-0.1, -0.05) is 48.0 Å². The zero-order chi connectivity index (χ0) is 20.7. The van der Waals surface area contributed by atoms with Crippen LogP contribution in [-0.4, -0.2) is 43.2 Å². The molecule has 0 fully saturated rings. The third kappa shape index (κ3) is 6.05. The molecule has 0 bridgehead atoms. The van der Waals surface area contributed by atoms with Gasteiger partial charge in [0.15, 0.2) is 0 Å². The van der Waals surface area contributed by atoms with Crippen molar-refractivity contribution in [3.63, 3.8) is 0 Å². The number of hydrogen-bond donors (Lipinski definition) is 2. The second-order valence-corrected chi connectivity index (χ2v) is 7.86. The first-order valence-electron chi connectivity index (χ1n) is 8.49. The first kappa shape index (κ1) is 21.9. The Morgan fingerprint density at radius 3 is 2.32 bits per heavy atom. The number of carbonyl (C=O) groups excluding carboxylic acids is 2. The van der Waals surface area contributed by atoms with Gasteiger partial charge in [0.1, 0.15) is 6.04 Å². The Kier molecular flexibility index (Phi) is 7.56. The number of esters is 1. The summed E-state index contributed by atoms with van der Waals surface area (Å²) in [7, 11) is -4.30. The van der Waals surface area contributed by atoms with E-state index in [2.05, 4.69) is 5.32 Å². The van der Waals surface area contributed by atoms with Crippen molar-refractivity contribution < 1.29 is 27.3 Å². The SMILES string of the molecule is CCOC(=O)[C@H](CCS(=O)(=O)O)NC(=O)c1ccccc1-c1ccccc1Cl. The summed E-state index contributed by atoms with van der Waals surface area (Å²) in [6.07, 6.45) is -0.322. The fourth-order valence-corrected chi connectivity index (χ4v) is 3.36. The number of ether oxygens (including phenoxy) is 1. The van der Waals surface area contributed by atoms with Crippen molar-refractivity contribution in [2.45, 2.75) is 19.4 Å². The number of benzene rings is 2. The average Bonchev–Trinajstić information content (AvgIpc) is 2.65. The molecule has 0 aliphatic rings. The Labute approximate surface area is 168 Å². The number of hydrogen-bond acceptors (Lipinski definition) is 5. The fraction of sp³-hybridized carbons (Fsp3) is 0.263. The van der Waals surface area contributed by atoms with Gasteiger partial charge in [0, 0.05) is 16.1 Å². The van der Waals surface area contributed by atoms with Crippen molar-refractivity contribution in [1.82, 2.24) is 5.32 Å². The first-order chi connectivity index (χ1) is 13.2. The van der Waals surface area contributed by atoms with Crippen LogP contribution in [0, 0.1) is 0 Å². The van der Waals surface area contributed by atoms with Gasteiger partial charge >= 0.3 is 5.97 Å². The smallest absolute Gasteiger partial charge is 0.328 e. The highest BCUT2D eigenvalue weighted by atomic mass is 35.5. The lowest BCUT2D eigenvalue weighted by Gasteiger charge is -2.18. The van der Waals surface area contributed by atoms with E-state index in [0.29, 0.717) is 16.1 Å². The Morgan fingerprint density at radius 1 is 1.11 bits per heavy atom. The van der Waals surface area contributed by atoms with Crippen molar-refractivity contribution in [3.8, 4) is 11.1 Å². The number of carbonyl (C=O) groups is 2. The molecular formula is C19H20ClNO6S. The van der Waals surface area contributed by atoms with Crippen molar-refractivity contribution in [3.05, 3.63) is 59.1 Å². The number of nitrogens with one attached hydrogen (secondary N) is 1. The third-order valence-electron chi connectivity index (χ3n) is 3.88. The van der Waals surface area contributed by atoms with Gasteiger partial charge in [0.25, 0.3) is 16.0 Å². The molecule has 2 N–H and O–H groups in total. The van der Waals surface area contributed by atoms with E-state index in [0.717, 1.165) is 0 Å². The van der Waals surface area contributed by atoms with Crippen LogP contribution in [0.25, 0.3) is 11.1 Å². The van der Waals surface area contributed by atoms with E-state index in [1.54, 1.807) is 55.5 Å². The highest BCUT2D eigenvalue weighted by molar-refractivity contribution is 7.85. The van der Waals surface area contributed by atoms with Gasteiger partial charge in [0.05, 0.1) is 12.4 Å². The molecule has 0 radical (unpaired) electrons. The predicted octanol–water partition coefficient (Wildman–Crippen LogP) is 2.95. The minimum Gasteiger partial charge on any atom is -0.464 e. The van der Waals surface area contributed by atoms with E-state index in [1.807, 2.05) is 0 Å². The molecule has 0 aliphatic heterocycles. The largest absolute Gasteiger partial charge is 0.464 e. The van der Waals surface area contributed by atoms with Crippen LogP contribution in [-0.2, 0) is 19.6 Å². The van der Waals surface area contributed by atoms with E-state index in [-0.39, 0.29) is 18.6 Å². The van der Waals surface area contributed by atoms with Crippen LogP contribution < -0.4 is 5.32 Å². The normalized spacial score (nSPS) is 12.2. The highest BCUT2D eigenvalue weighted by Crippen LogP contribution is 2.30. The standard InChI is InChI=1S/C19H20ClNO6S/c1-2-27-19(23)17(11-12-28(24,25)26)21-18(22)15-9-4-3-7-13(15)14-8-5-6-10-16(14)20/h3-10,17H,2,11-12H2,1H3,(H,21,22)(H,24,25,26)/t17-/m0/s1. The Morgan fingerprint density at radius 2 is 1.71 bits per heavy atom. The molecule has 1 amide bonds. The summed E-state index contributed by atoms with van der Waals surface area (Å²) in [5, 5.41) is 2.94. The summed E-state index contributed by atoms with van der Waals surface area (Å²) in [6.45, 7) is 1.65. The fourth-order valence-electron chi connectivity index (χ4n) is 2.59. The zero-order valence-corrected chi connectivity index (χ0v) is 16.7. The molecule has 28 heavy (non-hydrogen) atoms. The number of amides is 1.